The lowest BCUT2D eigenvalue weighted by molar-refractivity contribution is -0.148. The number of unbranched alkanes of at least 4 members (excludes halogenated alkanes) is 2. The minimum absolute atomic E-state index is 0.0851. The van der Waals surface area contributed by atoms with Gasteiger partial charge >= 0.3 is 12.0 Å². The van der Waals surface area contributed by atoms with Crippen LogP contribution >= 0.6 is 0 Å². The van der Waals surface area contributed by atoms with Gasteiger partial charge in [-0.1, -0.05) is 20.3 Å². The van der Waals surface area contributed by atoms with Crippen LogP contribution in [0.2, 0.25) is 0 Å². The summed E-state index contributed by atoms with van der Waals surface area (Å²) in [6, 6.07) is 3.81. The van der Waals surface area contributed by atoms with Crippen molar-refractivity contribution < 1.29 is 37.0 Å². The highest BCUT2D eigenvalue weighted by molar-refractivity contribution is 7.89. The lowest BCUT2D eigenvalue weighted by Crippen LogP contribution is -2.42. The molecule has 3 N–H and O–H groups in total. The van der Waals surface area contributed by atoms with Crippen LogP contribution in [0.4, 0.5) is 4.79 Å². The van der Waals surface area contributed by atoms with Gasteiger partial charge in [-0.3, -0.25) is 14.9 Å². The molecule has 3 amide bonds. The molecule has 1 aromatic carbocycles. The number of sulfonamides is 1. The number of carbonyl (C=O) groups excluding carboxylic acids is 3. The number of nitrogens with one attached hydrogen (secondary N) is 3. The third-order valence-corrected chi connectivity index (χ3v) is 5.92. The quantitative estimate of drug-likeness (QED) is 0.296. The summed E-state index contributed by atoms with van der Waals surface area (Å²) in [5, 5.41) is 4.59. The monoisotopic (exact) mass is 485 g/mol. The van der Waals surface area contributed by atoms with E-state index in [4.69, 9.17) is 14.2 Å². The smallest absolute Gasteiger partial charge is 0.321 e. The summed E-state index contributed by atoms with van der Waals surface area (Å²) < 4.78 is 43.0. The van der Waals surface area contributed by atoms with Crippen molar-refractivity contribution in [3.05, 3.63) is 18.2 Å². The van der Waals surface area contributed by atoms with E-state index in [-0.39, 0.29) is 23.8 Å². The van der Waals surface area contributed by atoms with Crippen LogP contribution < -0.4 is 24.8 Å². The number of hydrogen-bond donors (Lipinski definition) is 3. The summed E-state index contributed by atoms with van der Waals surface area (Å²) in [7, 11) is -3.69. The van der Waals surface area contributed by atoms with Crippen LogP contribution in [0.1, 0.15) is 39.5 Å². The summed E-state index contributed by atoms with van der Waals surface area (Å²) in [5.74, 6) is -0.124. The molecule has 0 aromatic heterocycles. The highest BCUT2D eigenvalue weighted by Gasteiger charge is 2.19. The highest BCUT2D eigenvalue weighted by Crippen LogP contribution is 2.32. The zero-order valence-electron chi connectivity index (χ0n) is 18.8. The number of carbonyl (C=O) groups is 3. The van der Waals surface area contributed by atoms with Crippen LogP contribution in [0, 0.1) is 5.92 Å². The summed E-state index contributed by atoms with van der Waals surface area (Å²) in [4.78, 5) is 34.8. The van der Waals surface area contributed by atoms with Gasteiger partial charge in [0.05, 0.1) is 4.90 Å². The van der Waals surface area contributed by atoms with E-state index in [1.54, 1.807) is 6.07 Å². The van der Waals surface area contributed by atoms with Crippen LogP contribution in [0.15, 0.2) is 23.1 Å². The molecule has 1 aliphatic heterocycles. The maximum atomic E-state index is 12.4. The topological polar surface area (TPSA) is 149 Å². The van der Waals surface area contributed by atoms with E-state index < -0.39 is 34.5 Å². The number of rotatable bonds is 12. The molecule has 1 heterocycles. The lowest BCUT2D eigenvalue weighted by atomic mass is 10.2. The van der Waals surface area contributed by atoms with Crippen LogP contribution in [0.25, 0.3) is 0 Å². The highest BCUT2D eigenvalue weighted by atomic mass is 32.2. The lowest BCUT2D eigenvalue weighted by Gasteiger charge is -2.18. The number of fused-ring (bicyclic) bond motifs is 1. The Morgan fingerprint density at radius 1 is 1.06 bits per heavy atom. The number of ether oxygens (including phenoxy) is 3. The second kappa shape index (κ2) is 13.0. The molecule has 0 unspecified atom stereocenters. The Morgan fingerprint density at radius 2 is 1.79 bits per heavy atom. The van der Waals surface area contributed by atoms with Gasteiger partial charge in [-0.25, -0.2) is 17.9 Å². The molecule has 0 saturated carbocycles. The second-order valence-electron chi connectivity index (χ2n) is 7.83. The largest absolute Gasteiger partial charge is 0.486 e. The van der Waals surface area contributed by atoms with Crippen LogP contribution in [0.5, 0.6) is 11.5 Å². The van der Waals surface area contributed by atoms with Gasteiger partial charge in [0, 0.05) is 25.6 Å². The molecule has 0 spiro atoms. The molecule has 184 valence electrons. The van der Waals surface area contributed by atoms with Crippen molar-refractivity contribution in [1.29, 1.82) is 0 Å². The molecule has 1 aromatic rings. The molecular formula is C21H31N3O8S. The standard InChI is InChI=1S/C21H31N3O8S/c1-15(2)13-22-21(27)24-19(25)14-32-20(26)6-4-3-5-9-23-33(28,29)16-7-8-17-18(12-16)31-11-10-30-17/h7-8,12,15,23H,3-6,9-11,13-14H2,1-2H3,(H2,22,24,25,27). The number of benzene rings is 1. The Labute approximate surface area is 193 Å². The van der Waals surface area contributed by atoms with Crippen LogP contribution in [-0.4, -0.2) is 59.2 Å². The van der Waals surface area contributed by atoms with Crippen molar-refractivity contribution in [3.63, 3.8) is 0 Å². The van der Waals surface area contributed by atoms with E-state index in [0.717, 1.165) is 0 Å². The molecule has 0 aliphatic carbocycles. The molecule has 11 nitrogen and oxygen atoms in total. The van der Waals surface area contributed by atoms with Crippen molar-refractivity contribution in [2.24, 2.45) is 5.92 Å². The molecule has 0 bridgehead atoms. The molecule has 0 fully saturated rings. The maximum absolute atomic E-state index is 12.4. The number of hydrogen-bond acceptors (Lipinski definition) is 8. The van der Waals surface area contributed by atoms with Gasteiger partial charge < -0.3 is 19.5 Å². The minimum Gasteiger partial charge on any atom is -0.486 e. The number of amides is 3. The predicted octanol–water partition coefficient (Wildman–Crippen LogP) is 1.32. The van der Waals surface area contributed by atoms with Crippen molar-refractivity contribution in [2.45, 2.75) is 44.4 Å². The predicted molar refractivity (Wildman–Crippen MR) is 118 cm³/mol. The van der Waals surface area contributed by atoms with Crippen LogP contribution in [-0.2, 0) is 24.3 Å². The second-order valence-corrected chi connectivity index (χ2v) is 9.59. The zero-order chi connectivity index (χ0) is 24.3. The first kappa shape index (κ1) is 26.4. The molecule has 2 rings (SSSR count). The molecule has 33 heavy (non-hydrogen) atoms. The van der Waals surface area contributed by atoms with Gasteiger partial charge in [-0.05, 0) is 30.9 Å². The van der Waals surface area contributed by atoms with E-state index in [1.807, 2.05) is 13.8 Å². The molecule has 0 radical (unpaired) electrons. The first-order valence-electron chi connectivity index (χ1n) is 10.8. The number of imide groups is 1. The average Bonchev–Trinajstić information content (AvgIpc) is 2.78. The summed E-state index contributed by atoms with van der Waals surface area (Å²) in [6.45, 7) is 4.71. The average molecular weight is 486 g/mol. The van der Waals surface area contributed by atoms with Crippen molar-refractivity contribution in [3.8, 4) is 11.5 Å². The van der Waals surface area contributed by atoms with Gasteiger partial charge in [0.1, 0.15) is 13.2 Å². The van der Waals surface area contributed by atoms with Crippen LogP contribution in [0.3, 0.4) is 0 Å². The maximum Gasteiger partial charge on any atom is 0.321 e. The van der Waals surface area contributed by atoms with E-state index in [1.165, 1.54) is 12.1 Å². The van der Waals surface area contributed by atoms with E-state index in [0.29, 0.717) is 50.5 Å². The third kappa shape index (κ3) is 9.66. The Morgan fingerprint density at radius 3 is 2.52 bits per heavy atom. The summed E-state index contributed by atoms with van der Waals surface area (Å²) >= 11 is 0. The first-order chi connectivity index (χ1) is 15.7. The fourth-order valence-electron chi connectivity index (χ4n) is 2.77. The Hall–Kier alpha value is -2.86. The number of esters is 1. The number of urea groups is 1. The first-order valence-corrected chi connectivity index (χ1v) is 12.3. The van der Waals surface area contributed by atoms with Gasteiger partial charge in [0.25, 0.3) is 5.91 Å². The third-order valence-electron chi connectivity index (χ3n) is 4.46. The van der Waals surface area contributed by atoms with Gasteiger partial charge in [0.2, 0.25) is 10.0 Å². The molecule has 0 saturated heterocycles. The van der Waals surface area contributed by atoms with Crippen molar-refractivity contribution in [1.82, 2.24) is 15.4 Å². The Kier molecular flexibility index (Phi) is 10.4. The van der Waals surface area contributed by atoms with E-state index in [9.17, 15) is 22.8 Å². The summed E-state index contributed by atoms with van der Waals surface area (Å²) in [6.07, 6.45) is 1.67. The van der Waals surface area contributed by atoms with Crippen molar-refractivity contribution >= 4 is 27.9 Å². The Balaban J connectivity index is 1.58. The van der Waals surface area contributed by atoms with Crippen molar-refractivity contribution in [2.75, 3.05) is 32.9 Å². The molecule has 12 heteroatoms. The fourth-order valence-corrected chi connectivity index (χ4v) is 3.86. The SMILES string of the molecule is CC(C)CNC(=O)NC(=O)COC(=O)CCCCCNS(=O)(=O)c1ccc2c(c1)OCCO2. The Bertz CT molecular complexity index is 933. The molecule has 0 atom stereocenters. The zero-order valence-corrected chi connectivity index (χ0v) is 19.7. The van der Waals surface area contributed by atoms with E-state index in [2.05, 4.69) is 15.4 Å². The minimum atomic E-state index is -3.69. The van der Waals surface area contributed by atoms with Gasteiger partial charge in [-0.2, -0.15) is 0 Å². The van der Waals surface area contributed by atoms with E-state index >= 15 is 0 Å². The molecular weight excluding hydrogens is 454 g/mol. The van der Waals surface area contributed by atoms with Gasteiger partial charge in [0.15, 0.2) is 18.1 Å². The molecule has 1 aliphatic rings. The summed E-state index contributed by atoms with van der Waals surface area (Å²) in [5.41, 5.74) is 0. The van der Waals surface area contributed by atoms with Gasteiger partial charge in [-0.15, -0.1) is 0 Å². The normalized spacial score (nSPS) is 12.8. The fraction of sp³-hybridized carbons (Fsp3) is 0.571.